The average molecular weight is 494 g/mol. The molecule has 32 heavy (non-hydrogen) atoms. The Morgan fingerprint density at radius 2 is 1.88 bits per heavy atom. The Kier molecular flexibility index (Phi) is 6.23. The molecule has 0 saturated heterocycles. The first-order valence-electron chi connectivity index (χ1n) is 10.3. The van der Waals surface area contributed by atoms with Crippen LogP contribution in [0.5, 0.6) is 0 Å². The summed E-state index contributed by atoms with van der Waals surface area (Å²) in [6.45, 7) is 4.71. The first-order chi connectivity index (χ1) is 15.3. The second-order valence-corrected chi connectivity index (χ2v) is 8.72. The topological polar surface area (TPSA) is 73.0 Å². The zero-order valence-corrected chi connectivity index (χ0v) is 19.8. The molecule has 0 atom stereocenters. The Bertz CT molecular complexity index is 1340. The minimum Gasteiger partial charge on any atom is -0.341 e. The number of benzene rings is 2. The summed E-state index contributed by atoms with van der Waals surface area (Å²) in [7, 11) is 1.78. The van der Waals surface area contributed by atoms with E-state index in [1.165, 1.54) is 10.9 Å². The van der Waals surface area contributed by atoms with Crippen LogP contribution in [0.25, 0.3) is 16.6 Å². The van der Waals surface area contributed by atoms with E-state index in [9.17, 15) is 9.59 Å². The van der Waals surface area contributed by atoms with Gasteiger partial charge in [0, 0.05) is 42.3 Å². The molecule has 2 aromatic carbocycles. The quantitative estimate of drug-likeness (QED) is 0.406. The molecular weight excluding hydrogens is 470 g/mol. The van der Waals surface area contributed by atoms with Gasteiger partial charge in [0.25, 0.3) is 5.56 Å². The highest BCUT2D eigenvalue weighted by molar-refractivity contribution is 9.10. The van der Waals surface area contributed by atoms with Crippen molar-refractivity contribution < 1.29 is 4.79 Å². The summed E-state index contributed by atoms with van der Waals surface area (Å²) in [6, 6.07) is 15.3. The maximum Gasteiger partial charge on any atom is 0.261 e. The van der Waals surface area contributed by atoms with E-state index < -0.39 is 0 Å². The molecule has 0 aliphatic rings. The standard InChI is InChI=1S/C24H24BrN5O2/c1-16-21(17(2)30(27-16)19-7-5-4-6-8-19)14-28(3)23(31)11-12-29-15-26-22-10-9-18(25)13-20(22)24(29)32/h4-10,13,15H,11-12,14H2,1-3H3. The van der Waals surface area contributed by atoms with Crippen LogP contribution in [-0.2, 0) is 17.9 Å². The van der Waals surface area contributed by atoms with Gasteiger partial charge in [0.15, 0.2) is 0 Å². The Morgan fingerprint density at radius 3 is 2.62 bits per heavy atom. The van der Waals surface area contributed by atoms with Crippen molar-refractivity contribution in [2.45, 2.75) is 33.4 Å². The fourth-order valence-electron chi connectivity index (χ4n) is 3.75. The van der Waals surface area contributed by atoms with Gasteiger partial charge in [-0.05, 0) is 44.2 Å². The van der Waals surface area contributed by atoms with E-state index >= 15 is 0 Å². The van der Waals surface area contributed by atoms with Gasteiger partial charge in [-0.1, -0.05) is 34.1 Å². The van der Waals surface area contributed by atoms with Gasteiger partial charge in [-0.25, -0.2) is 9.67 Å². The summed E-state index contributed by atoms with van der Waals surface area (Å²) < 4.78 is 4.21. The fourth-order valence-corrected chi connectivity index (χ4v) is 4.11. The van der Waals surface area contributed by atoms with E-state index in [1.54, 1.807) is 24.1 Å². The number of hydrogen-bond acceptors (Lipinski definition) is 4. The third-order valence-corrected chi connectivity index (χ3v) is 6.11. The van der Waals surface area contributed by atoms with Crippen LogP contribution in [0.4, 0.5) is 0 Å². The monoisotopic (exact) mass is 493 g/mol. The normalized spacial score (nSPS) is 11.1. The molecule has 0 bridgehead atoms. The number of carbonyl (C=O) groups is 1. The van der Waals surface area contributed by atoms with Crippen LogP contribution >= 0.6 is 15.9 Å². The van der Waals surface area contributed by atoms with Crippen molar-refractivity contribution >= 4 is 32.7 Å². The van der Waals surface area contributed by atoms with Crippen LogP contribution in [0.2, 0.25) is 0 Å². The molecule has 4 rings (SSSR count). The molecule has 0 N–H and O–H groups in total. The maximum atomic E-state index is 12.8. The highest BCUT2D eigenvalue weighted by Gasteiger charge is 2.17. The number of nitrogens with zero attached hydrogens (tertiary/aromatic N) is 5. The van der Waals surface area contributed by atoms with Crippen LogP contribution in [0.3, 0.4) is 0 Å². The Balaban J connectivity index is 1.46. The van der Waals surface area contributed by atoms with Crippen molar-refractivity contribution in [2.75, 3.05) is 7.05 Å². The molecule has 0 spiro atoms. The van der Waals surface area contributed by atoms with Crippen molar-refractivity contribution in [3.05, 3.63) is 86.6 Å². The molecule has 0 aliphatic carbocycles. The number of aromatic nitrogens is 4. The number of fused-ring (bicyclic) bond motifs is 1. The molecule has 2 heterocycles. The van der Waals surface area contributed by atoms with E-state index in [1.807, 2.05) is 54.9 Å². The summed E-state index contributed by atoms with van der Waals surface area (Å²) >= 11 is 3.39. The summed E-state index contributed by atoms with van der Waals surface area (Å²) in [5.41, 5.74) is 4.41. The van der Waals surface area contributed by atoms with E-state index in [2.05, 4.69) is 26.0 Å². The summed E-state index contributed by atoms with van der Waals surface area (Å²) in [4.78, 5) is 31.6. The molecule has 0 fully saturated rings. The number of para-hydroxylation sites is 1. The molecule has 4 aromatic rings. The van der Waals surface area contributed by atoms with Crippen LogP contribution in [0.1, 0.15) is 23.4 Å². The molecule has 7 nitrogen and oxygen atoms in total. The Morgan fingerprint density at radius 1 is 1.12 bits per heavy atom. The fraction of sp³-hybridized carbons (Fsp3) is 0.250. The second kappa shape index (κ2) is 9.08. The molecular formula is C24H24BrN5O2. The molecule has 0 aliphatic heterocycles. The predicted octanol–water partition coefficient (Wildman–Crippen LogP) is 4.01. The van der Waals surface area contributed by atoms with Gasteiger partial charge in [0.05, 0.1) is 28.6 Å². The lowest BCUT2D eigenvalue weighted by molar-refractivity contribution is -0.130. The van der Waals surface area contributed by atoms with Gasteiger partial charge < -0.3 is 4.90 Å². The number of rotatable bonds is 6. The van der Waals surface area contributed by atoms with Crippen LogP contribution in [0.15, 0.2) is 64.1 Å². The number of hydrogen-bond donors (Lipinski definition) is 0. The lowest BCUT2D eigenvalue weighted by Gasteiger charge is -2.18. The number of carbonyl (C=O) groups excluding carboxylic acids is 1. The van der Waals surface area contributed by atoms with Crippen molar-refractivity contribution in [3.63, 3.8) is 0 Å². The van der Waals surface area contributed by atoms with Crippen molar-refractivity contribution in [1.29, 1.82) is 0 Å². The van der Waals surface area contributed by atoms with Crippen LogP contribution < -0.4 is 5.56 Å². The van der Waals surface area contributed by atoms with Crippen molar-refractivity contribution in [2.24, 2.45) is 0 Å². The van der Waals surface area contributed by atoms with E-state index in [0.29, 0.717) is 17.4 Å². The number of amides is 1. The summed E-state index contributed by atoms with van der Waals surface area (Å²) in [6.07, 6.45) is 1.71. The van der Waals surface area contributed by atoms with Gasteiger partial charge in [0.1, 0.15) is 0 Å². The molecule has 0 saturated carbocycles. The average Bonchev–Trinajstić information content (AvgIpc) is 3.07. The van der Waals surface area contributed by atoms with Gasteiger partial charge in [-0.3, -0.25) is 14.2 Å². The largest absolute Gasteiger partial charge is 0.341 e. The molecule has 164 valence electrons. The Labute approximate surface area is 194 Å². The number of aryl methyl sites for hydroxylation is 2. The van der Waals surface area contributed by atoms with Gasteiger partial charge in [0.2, 0.25) is 5.91 Å². The minimum absolute atomic E-state index is 0.0440. The predicted molar refractivity (Wildman–Crippen MR) is 128 cm³/mol. The van der Waals surface area contributed by atoms with Gasteiger partial charge >= 0.3 is 0 Å². The van der Waals surface area contributed by atoms with Gasteiger partial charge in [-0.15, -0.1) is 0 Å². The zero-order valence-electron chi connectivity index (χ0n) is 18.2. The minimum atomic E-state index is -0.150. The summed E-state index contributed by atoms with van der Waals surface area (Å²) in [5, 5.41) is 5.19. The first-order valence-corrected chi connectivity index (χ1v) is 11.1. The van der Waals surface area contributed by atoms with Gasteiger partial charge in [-0.2, -0.15) is 5.10 Å². The highest BCUT2D eigenvalue weighted by Crippen LogP contribution is 2.19. The van der Waals surface area contributed by atoms with E-state index in [0.717, 1.165) is 27.1 Å². The summed E-state index contributed by atoms with van der Waals surface area (Å²) in [5.74, 6) is -0.0440. The van der Waals surface area contributed by atoms with Crippen LogP contribution in [0, 0.1) is 13.8 Å². The van der Waals surface area contributed by atoms with E-state index in [-0.39, 0.29) is 24.4 Å². The smallest absolute Gasteiger partial charge is 0.261 e. The molecule has 0 unspecified atom stereocenters. The lowest BCUT2D eigenvalue weighted by atomic mass is 10.2. The van der Waals surface area contributed by atoms with E-state index in [4.69, 9.17) is 0 Å². The second-order valence-electron chi connectivity index (χ2n) is 7.80. The molecule has 0 radical (unpaired) electrons. The SMILES string of the molecule is Cc1nn(-c2ccccc2)c(C)c1CN(C)C(=O)CCn1cnc2ccc(Br)cc2c1=O. The van der Waals surface area contributed by atoms with Crippen molar-refractivity contribution in [3.8, 4) is 5.69 Å². The maximum absolute atomic E-state index is 12.8. The third kappa shape index (κ3) is 4.36. The highest BCUT2D eigenvalue weighted by atomic mass is 79.9. The molecule has 2 aromatic heterocycles. The van der Waals surface area contributed by atoms with Crippen molar-refractivity contribution in [1.82, 2.24) is 24.2 Å². The first kappa shape index (κ1) is 22.0. The van der Waals surface area contributed by atoms with Crippen LogP contribution in [-0.4, -0.2) is 37.2 Å². The number of halogens is 1. The molecule has 1 amide bonds. The molecule has 8 heteroatoms. The zero-order chi connectivity index (χ0) is 22.8. The third-order valence-electron chi connectivity index (χ3n) is 5.62. The Hall–Kier alpha value is -3.26. The lowest BCUT2D eigenvalue weighted by Crippen LogP contribution is -2.29.